The summed E-state index contributed by atoms with van der Waals surface area (Å²) in [6.45, 7) is 1.93. The van der Waals surface area contributed by atoms with Gasteiger partial charge in [-0.05, 0) is 36.8 Å². The molecule has 2 aromatic rings. The molecule has 0 unspecified atom stereocenters. The first kappa shape index (κ1) is 12.8. The summed E-state index contributed by atoms with van der Waals surface area (Å²) in [6.07, 6.45) is 0. The van der Waals surface area contributed by atoms with Gasteiger partial charge in [0.25, 0.3) is 0 Å². The van der Waals surface area contributed by atoms with E-state index in [0.717, 1.165) is 11.3 Å². The third-order valence-electron chi connectivity index (χ3n) is 2.56. The molecule has 2 rings (SSSR count). The Morgan fingerprint density at radius 3 is 2.61 bits per heavy atom. The zero-order valence-electron chi connectivity index (χ0n) is 9.67. The first-order valence-corrected chi connectivity index (χ1v) is 6.09. The maximum Gasteiger partial charge on any atom is 0.101 e. The van der Waals surface area contributed by atoms with Crippen molar-refractivity contribution in [1.82, 2.24) is 0 Å². The van der Waals surface area contributed by atoms with Gasteiger partial charge in [-0.2, -0.15) is 5.26 Å². The van der Waals surface area contributed by atoms with Gasteiger partial charge < -0.3 is 5.32 Å². The number of aryl methyl sites for hydroxylation is 1. The van der Waals surface area contributed by atoms with E-state index in [4.69, 9.17) is 28.5 Å². The Balaban J connectivity index is 2.43. The van der Waals surface area contributed by atoms with E-state index in [0.29, 0.717) is 21.3 Å². The van der Waals surface area contributed by atoms with E-state index in [1.54, 1.807) is 18.2 Å². The summed E-state index contributed by atoms with van der Waals surface area (Å²) in [4.78, 5) is 0. The average Bonchev–Trinajstić information content (AvgIpc) is 2.35. The Morgan fingerprint density at radius 2 is 1.89 bits per heavy atom. The molecule has 4 heteroatoms. The monoisotopic (exact) mass is 276 g/mol. The highest BCUT2D eigenvalue weighted by Gasteiger charge is 2.07. The maximum absolute atomic E-state index is 9.05. The second-order valence-corrected chi connectivity index (χ2v) is 4.68. The van der Waals surface area contributed by atoms with Crippen molar-refractivity contribution >= 4 is 34.6 Å². The van der Waals surface area contributed by atoms with Gasteiger partial charge in [-0.25, -0.2) is 0 Å². The first-order chi connectivity index (χ1) is 8.61. The quantitative estimate of drug-likeness (QED) is 0.845. The predicted molar refractivity (Wildman–Crippen MR) is 75.6 cm³/mol. The predicted octanol–water partition coefficient (Wildman–Crippen LogP) is 4.92. The van der Waals surface area contributed by atoms with Crippen molar-refractivity contribution in [2.75, 3.05) is 5.32 Å². The molecule has 0 aliphatic carbocycles. The Hall–Kier alpha value is -1.69. The zero-order valence-corrected chi connectivity index (χ0v) is 11.2. The van der Waals surface area contributed by atoms with E-state index in [2.05, 4.69) is 11.4 Å². The number of nitrogens with one attached hydrogen (secondary N) is 1. The minimum absolute atomic E-state index is 0.525. The molecule has 0 heterocycles. The van der Waals surface area contributed by atoms with Gasteiger partial charge in [-0.1, -0.05) is 35.3 Å². The van der Waals surface area contributed by atoms with E-state index in [1.165, 1.54) is 0 Å². The van der Waals surface area contributed by atoms with Crippen LogP contribution in [-0.2, 0) is 0 Å². The number of hydrogen-bond acceptors (Lipinski definition) is 2. The fourth-order valence-electron chi connectivity index (χ4n) is 1.61. The van der Waals surface area contributed by atoms with Gasteiger partial charge in [0, 0.05) is 5.02 Å². The molecule has 2 nitrogen and oxygen atoms in total. The molecule has 0 saturated heterocycles. The molecule has 0 bridgehead atoms. The summed E-state index contributed by atoms with van der Waals surface area (Å²) in [5.74, 6) is 0. The van der Waals surface area contributed by atoms with Gasteiger partial charge in [-0.15, -0.1) is 0 Å². The summed E-state index contributed by atoms with van der Waals surface area (Å²) < 4.78 is 0. The fourth-order valence-corrected chi connectivity index (χ4v) is 1.95. The number of nitriles is 1. The van der Waals surface area contributed by atoms with Crippen molar-refractivity contribution in [3.05, 3.63) is 57.6 Å². The summed E-state index contributed by atoms with van der Waals surface area (Å²) in [5.41, 5.74) is 2.91. The van der Waals surface area contributed by atoms with Crippen LogP contribution in [0, 0.1) is 18.3 Å². The van der Waals surface area contributed by atoms with Crippen LogP contribution in [0.3, 0.4) is 0 Å². The summed E-state index contributed by atoms with van der Waals surface area (Å²) >= 11 is 12.1. The van der Waals surface area contributed by atoms with E-state index >= 15 is 0 Å². The van der Waals surface area contributed by atoms with Crippen LogP contribution in [0.1, 0.15) is 11.1 Å². The molecule has 0 atom stereocenters. The van der Waals surface area contributed by atoms with Crippen molar-refractivity contribution in [3.63, 3.8) is 0 Å². The smallest absolute Gasteiger partial charge is 0.101 e. The molecule has 0 aromatic heterocycles. The standard InChI is InChI=1S/C14H10Cl2N2/c1-9-3-2-4-12(14(9)16)18-13-7-11(15)6-5-10(13)8-17/h2-7,18H,1H3. The Labute approximate surface area is 116 Å². The van der Waals surface area contributed by atoms with E-state index in [-0.39, 0.29) is 0 Å². The number of benzene rings is 2. The molecule has 2 aromatic carbocycles. The van der Waals surface area contributed by atoms with Crippen LogP contribution in [0.2, 0.25) is 10.0 Å². The summed E-state index contributed by atoms with van der Waals surface area (Å²) in [6, 6.07) is 12.9. The topological polar surface area (TPSA) is 35.8 Å². The lowest BCUT2D eigenvalue weighted by Gasteiger charge is -2.11. The van der Waals surface area contributed by atoms with Crippen LogP contribution in [0.5, 0.6) is 0 Å². The van der Waals surface area contributed by atoms with Crippen molar-refractivity contribution in [3.8, 4) is 6.07 Å². The lowest BCUT2D eigenvalue weighted by Crippen LogP contribution is -1.95. The highest BCUT2D eigenvalue weighted by atomic mass is 35.5. The molecule has 0 aliphatic rings. The van der Waals surface area contributed by atoms with Crippen molar-refractivity contribution in [2.24, 2.45) is 0 Å². The average molecular weight is 277 g/mol. The molecular weight excluding hydrogens is 267 g/mol. The van der Waals surface area contributed by atoms with Gasteiger partial charge in [0.1, 0.15) is 6.07 Å². The van der Waals surface area contributed by atoms with Gasteiger partial charge in [0.15, 0.2) is 0 Å². The molecule has 90 valence electrons. The molecule has 0 radical (unpaired) electrons. The molecule has 18 heavy (non-hydrogen) atoms. The van der Waals surface area contributed by atoms with E-state index < -0.39 is 0 Å². The minimum Gasteiger partial charge on any atom is -0.353 e. The van der Waals surface area contributed by atoms with Gasteiger partial charge >= 0.3 is 0 Å². The van der Waals surface area contributed by atoms with Crippen molar-refractivity contribution in [1.29, 1.82) is 5.26 Å². The number of hydrogen-bond donors (Lipinski definition) is 1. The molecule has 0 aliphatic heterocycles. The second kappa shape index (κ2) is 5.30. The van der Waals surface area contributed by atoms with Crippen LogP contribution < -0.4 is 5.32 Å². The van der Waals surface area contributed by atoms with Crippen LogP contribution in [0.25, 0.3) is 0 Å². The summed E-state index contributed by atoms with van der Waals surface area (Å²) in [7, 11) is 0. The second-order valence-electron chi connectivity index (χ2n) is 3.86. The minimum atomic E-state index is 0.525. The highest BCUT2D eigenvalue weighted by Crippen LogP contribution is 2.30. The number of halogens is 2. The van der Waals surface area contributed by atoms with Gasteiger partial charge in [-0.3, -0.25) is 0 Å². The highest BCUT2D eigenvalue weighted by molar-refractivity contribution is 6.34. The zero-order chi connectivity index (χ0) is 13.1. The third-order valence-corrected chi connectivity index (χ3v) is 3.30. The Kier molecular flexibility index (Phi) is 3.76. The normalized spacial score (nSPS) is 9.89. The Bertz CT molecular complexity index is 630. The SMILES string of the molecule is Cc1cccc(Nc2cc(Cl)ccc2C#N)c1Cl. The molecule has 0 fully saturated rings. The first-order valence-electron chi connectivity index (χ1n) is 5.33. The molecule has 0 spiro atoms. The summed E-state index contributed by atoms with van der Waals surface area (Å²) in [5, 5.41) is 13.4. The van der Waals surface area contributed by atoms with Crippen molar-refractivity contribution < 1.29 is 0 Å². The molecule has 0 saturated carbocycles. The van der Waals surface area contributed by atoms with E-state index in [1.807, 2.05) is 25.1 Å². The largest absolute Gasteiger partial charge is 0.353 e. The molecule has 1 N–H and O–H groups in total. The number of anilines is 2. The Morgan fingerprint density at radius 1 is 1.11 bits per heavy atom. The fraction of sp³-hybridized carbons (Fsp3) is 0.0714. The van der Waals surface area contributed by atoms with Crippen molar-refractivity contribution in [2.45, 2.75) is 6.92 Å². The van der Waals surface area contributed by atoms with Crippen LogP contribution in [0.4, 0.5) is 11.4 Å². The third kappa shape index (κ3) is 2.59. The van der Waals surface area contributed by atoms with Gasteiger partial charge in [0.05, 0.1) is 22.0 Å². The molecule has 0 amide bonds. The van der Waals surface area contributed by atoms with Gasteiger partial charge in [0.2, 0.25) is 0 Å². The van der Waals surface area contributed by atoms with Crippen LogP contribution >= 0.6 is 23.2 Å². The number of nitrogens with zero attached hydrogens (tertiary/aromatic N) is 1. The number of rotatable bonds is 2. The lowest BCUT2D eigenvalue weighted by atomic mass is 10.1. The van der Waals surface area contributed by atoms with E-state index in [9.17, 15) is 0 Å². The lowest BCUT2D eigenvalue weighted by molar-refractivity contribution is 1.43. The van der Waals surface area contributed by atoms with Crippen LogP contribution in [0.15, 0.2) is 36.4 Å². The molecular formula is C14H10Cl2N2. The maximum atomic E-state index is 9.05. The van der Waals surface area contributed by atoms with Crippen LogP contribution in [-0.4, -0.2) is 0 Å².